The van der Waals surface area contributed by atoms with Gasteiger partial charge in [-0.2, -0.15) is 17.0 Å². The van der Waals surface area contributed by atoms with Gasteiger partial charge in [0.05, 0.1) is 11.6 Å². The highest BCUT2D eigenvalue weighted by atomic mass is 32.2. The van der Waals surface area contributed by atoms with Crippen molar-refractivity contribution in [2.45, 2.75) is 25.1 Å². The Hall–Kier alpha value is -1.67. The average Bonchev–Trinajstić information content (AvgIpc) is 2.48. The Balaban J connectivity index is 2.47. The number of rotatable bonds is 5. The van der Waals surface area contributed by atoms with Gasteiger partial charge in [0.15, 0.2) is 5.96 Å². The van der Waals surface area contributed by atoms with E-state index in [1.807, 2.05) is 36.0 Å². The van der Waals surface area contributed by atoms with Gasteiger partial charge in [0.2, 0.25) is 0 Å². The Labute approximate surface area is 125 Å². The van der Waals surface area contributed by atoms with Crippen molar-refractivity contribution in [1.29, 1.82) is 5.26 Å². The van der Waals surface area contributed by atoms with Gasteiger partial charge in [-0.15, -0.1) is 0 Å². The van der Waals surface area contributed by atoms with Crippen molar-refractivity contribution in [3.63, 3.8) is 0 Å². The van der Waals surface area contributed by atoms with Gasteiger partial charge in [-0.3, -0.25) is 4.99 Å². The minimum Gasteiger partial charge on any atom is -0.355 e. The summed E-state index contributed by atoms with van der Waals surface area (Å²) in [5, 5.41) is 15.3. The van der Waals surface area contributed by atoms with Crippen molar-refractivity contribution in [2.24, 2.45) is 4.99 Å². The van der Waals surface area contributed by atoms with Gasteiger partial charge in [-0.25, -0.2) is 0 Å². The van der Waals surface area contributed by atoms with Gasteiger partial charge in [-0.1, -0.05) is 12.1 Å². The fraction of sp³-hybridized carbons (Fsp3) is 0.467. The molecule has 0 aromatic heterocycles. The summed E-state index contributed by atoms with van der Waals surface area (Å²) in [6.45, 7) is 5.92. The smallest absolute Gasteiger partial charge is 0.191 e. The summed E-state index contributed by atoms with van der Waals surface area (Å²) in [5.41, 5.74) is 1.80. The molecule has 4 nitrogen and oxygen atoms in total. The first-order chi connectivity index (χ1) is 9.50. The van der Waals surface area contributed by atoms with E-state index in [0.717, 1.165) is 18.1 Å². The lowest BCUT2D eigenvalue weighted by Crippen LogP contribution is -2.42. The second-order valence-corrected chi connectivity index (χ2v) is 6.57. The van der Waals surface area contributed by atoms with E-state index in [-0.39, 0.29) is 4.75 Å². The van der Waals surface area contributed by atoms with Crippen LogP contribution < -0.4 is 10.6 Å². The van der Waals surface area contributed by atoms with Crippen LogP contribution in [0.15, 0.2) is 29.3 Å². The molecule has 0 aliphatic heterocycles. The molecule has 0 bridgehead atoms. The highest BCUT2D eigenvalue weighted by molar-refractivity contribution is 7.99. The maximum atomic E-state index is 8.76. The van der Waals surface area contributed by atoms with Crippen LogP contribution in [0.25, 0.3) is 0 Å². The standard InChI is InChI=1S/C15H22N4S/c1-15(2,20-4)11-19-14(17-3)18-10-13-7-5-12(9-16)6-8-13/h5-8H,10-11H2,1-4H3,(H2,17,18,19). The maximum absolute atomic E-state index is 8.76. The van der Waals surface area contributed by atoms with Crippen LogP contribution in [0.3, 0.4) is 0 Å². The molecule has 2 N–H and O–H groups in total. The van der Waals surface area contributed by atoms with E-state index < -0.39 is 0 Å². The summed E-state index contributed by atoms with van der Waals surface area (Å²) in [5.74, 6) is 0.788. The molecule has 0 radical (unpaired) electrons. The number of benzene rings is 1. The topological polar surface area (TPSA) is 60.2 Å². The summed E-state index contributed by atoms with van der Waals surface area (Å²) >= 11 is 1.82. The summed E-state index contributed by atoms with van der Waals surface area (Å²) in [6, 6.07) is 9.66. The van der Waals surface area contributed by atoms with Gasteiger partial charge < -0.3 is 10.6 Å². The Bertz CT molecular complexity index is 486. The molecule has 5 heteroatoms. The molecule has 0 aliphatic carbocycles. The molecule has 0 heterocycles. The van der Waals surface area contributed by atoms with Crippen molar-refractivity contribution in [3.05, 3.63) is 35.4 Å². The van der Waals surface area contributed by atoms with E-state index in [0.29, 0.717) is 12.1 Å². The van der Waals surface area contributed by atoms with E-state index in [2.05, 4.69) is 41.8 Å². The first kappa shape index (κ1) is 16.4. The highest BCUT2D eigenvalue weighted by Gasteiger charge is 2.15. The molecule has 0 unspecified atom stereocenters. The number of nitrogens with zero attached hydrogens (tertiary/aromatic N) is 2. The highest BCUT2D eigenvalue weighted by Crippen LogP contribution is 2.19. The molecule has 20 heavy (non-hydrogen) atoms. The third kappa shape index (κ3) is 5.54. The summed E-state index contributed by atoms with van der Waals surface area (Å²) in [7, 11) is 1.76. The van der Waals surface area contributed by atoms with E-state index in [1.54, 1.807) is 7.05 Å². The maximum Gasteiger partial charge on any atom is 0.191 e. The zero-order valence-electron chi connectivity index (χ0n) is 12.5. The van der Waals surface area contributed by atoms with Crippen LogP contribution in [0.1, 0.15) is 25.0 Å². The summed E-state index contributed by atoms with van der Waals surface area (Å²) in [4.78, 5) is 4.21. The van der Waals surface area contributed by atoms with Crippen molar-refractivity contribution >= 4 is 17.7 Å². The SMILES string of the molecule is CN=C(NCc1ccc(C#N)cc1)NCC(C)(C)SC. The number of hydrogen-bond donors (Lipinski definition) is 2. The molecule has 1 aromatic carbocycles. The zero-order chi connectivity index (χ0) is 15.0. The molecule has 1 rings (SSSR count). The van der Waals surface area contributed by atoms with Crippen LogP contribution in [-0.4, -0.2) is 30.6 Å². The second-order valence-electron chi connectivity index (χ2n) is 5.05. The molecule has 108 valence electrons. The van der Waals surface area contributed by atoms with Crippen LogP contribution in [0.2, 0.25) is 0 Å². The van der Waals surface area contributed by atoms with Crippen molar-refractivity contribution < 1.29 is 0 Å². The Morgan fingerprint density at radius 1 is 1.30 bits per heavy atom. The number of nitrogens with one attached hydrogen (secondary N) is 2. The molecule has 0 fully saturated rings. The average molecular weight is 290 g/mol. The quantitative estimate of drug-likeness (QED) is 0.645. The van der Waals surface area contributed by atoms with E-state index in [4.69, 9.17) is 5.26 Å². The Morgan fingerprint density at radius 2 is 1.95 bits per heavy atom. The zero-order valence-corrected chi connectivity index (χ0v) is 13.3. The van der Waals surface area contributed by atoms with Gasteiger partial charge in [-0.05, 0) is 37.8 Å². The van der Waals surface area contributed by atoms with E-state index >= 15 is 0 Å². The van der Waals surface area contributed by atoms with Gasteiger partial charge >= 0.3 is 0 Å². The van der Waals surface area contributed by atoms with Crippen LogP contribution in [0.5, 0.6) is 0 Å². The van der Waals surface area contributed by atoms with Crippen molar-refractivity contribution in [2.75, 3.05) is 19.8 Å². The van der Waals surface area contributed by atoms with Crippen LogP contribution in [-0.2, 0) is 6.54 Å². The molecule has 0 spiro atoms. The monoisotopic (exact) mass is 290 g/mol. The number of nitriles is 1. The molecule has 0 saturated heterocycles. The Morgan fingerprint density at radius 3 is 2.45 bits per heavy atom. The van der Waals surface area contributed by atoms with Crippen LogP contribution in [0.4, 0.5) is 0 Å². The van der Waals surface area contributed by atoms with Crippen molar-refractivity contribution in [1.82, 2.24) is 10.6 Å². The van der Waals surface area contributed by atoms with E-state index in [9.17, 15) is 0 Å². The summed E-state index contributed by atoms with van der Waals surface area (Å²) < 4.78 is 0.173. The van der Waals surface area contributed by atoms with Crippen LogP contribution >= 0.6 is 11.8 Å². The third-order valence-corrected chi connectivity index (χ3v) is 4.25. The molecular weight excluding hydrogens is 268 g/mol. The molecule has 0 saturated carbocycles. The third-order valence-electron chi connectivity index (χ3n) is 3.00. The van der Waals surface area contributed by atoms with Crippen LogP contribution in [0, 0.1) is 11.3 Å². The predicted molar refractivity (Wildman–Crippen MR) is 87.0 cm³/mol. The first-order valence-electron chi connectivity index (χ1n) is 6.49. The number of thioether (sulfide) groups is 1. The lowest BCUT2D eigenvalue weighted by Gasteiger charge is -2.23. The molecule has 0 atom stereocenters. The lowest BCUT2D eigenvalue weighted by molar-refractivity contribution is 0.664. The molecule has 0 aliphatic rings. The number of aliphatic imine (C=N–C) groups is 1. The fourth-order valence-electron chi connectivity index (χ4n) is 1.47. The second kappa shape index (κ2) is 7.81. The first-order valence-corrected chi connectivity index (χ1v) is 7.72. The number of guanidine groups is 1. The predicted octanol–water partition coefficient (Wildman–Crippen LogP) is 2.36. The lowest BCUT2D eigenvalue weighted by atomic mass is 10.1. The minimum absolute atomic E-state index is 0.173. The van der Waals surface area contributed by atoms with Crippen molar-refractivity contribution in [3.8, 4) is 6.07 Å². The Kier molecular flexibility index (Phi) is 6.40. The molecular formula is C15H22N4S. The largest absolute Gasteiger partial charge is 0.355 e. The van der Waals surface area contributed by atoms with Gasteiger partial charge in [0.25, 0.3) is 0 Å². The normalized spacial score (nSPS) is 11.8. The molecule has 0 amide bonds. The van der Waals surface area contributed by atoms with E-state index in [1.165, 1.54) is 0 Å². The van der Waals surface area contributed by atoms with Gasteiger partial charge in [0, 0.05) is 24.9 Å². The van der Waals surface area contributed by atoms with Gasteiger partial charge in [0.1, 0.15) is 0 Å². The minimum atomic E-state index is 0.173. The summed E-state index contributed by atoms with van der Waals surface area (Å²) in [6.07, 6.45) is 2.11. The molecule has 1 aromatic rings. The number of hydrogen-bond acceptors (Lipinski definition) is 3. The fourth-order valence-corrected chi connectivity index (χ4v) is 1.69.